The van der Waals surface area contributed by atoms with Gasteiger partial charge < -0.3 is 0 Å². The molecule has 4 rings (SSSR count). The van der Waals surface area contributed by atoms with Gasteiger partial charge in [0, 0.05) is 16.7 Å². The summed E-state index contributed by atoms with van der Waals surface area (Å²) in [5, 5.41) is 1.55. The van der Waals surface area contributed by atoms with Crippen molar-refractivity contribution in [3.8, 4) is 0 Å². The van der Waals surface area contributed by atoms with Crippen LogP contribution in [-0.2, 0) is 19.4 Å². The first-order valence-electron chi connectivity index (χ1n) is 9.56. The molecule has 0 spiro atoms. The van der Waals surface area contributed by atoms with Crippen molar-refractivity contribution in [1.82, 2.24) is 9.55 Å². The number of thiophene rings is 1. The van der Waals surface area contributed by atoms with Crippen molar-refractivity contribution in [3.05, 3.63) is 69.1 Å². The molecule has 0 unspecified atom stereocenters. The standard InChI is InChI=1S/C22H23FN2OS2/c1-4-11-25-21(26)19-17-10-5-13(2)12-18(17)28-20(19)24-22(25)27-14(3)15-6-8-16(23)9-7-15/h4,6-9,13-14H,1,5,10-12H2,2-3H3/t13-,14+/m0/s1. The molecule has 0 saturated heterocycles. The summed E-state index contributed by atoms with van der Waals surface area (Å²) in [6.45, 7) is 8.56. The van der Waals surface area contributed by atoms with Gasteiger partial charge in [0.15, 0.2) is 5.16 Å². The molecule has 2 atom stereocenters. The molecular formula is C22H23FN2OS2. The number of nitrogens with zero attached hydrogens (tertiary/aromatic N) is 2. The number of benzene rings is 1. The van der Waals surface area contributed by atoms with Crippen molar-refractivity contribution >= 4 is 33.3 Å². The van der Waals surface area contributed by atoms with E-state index in [-0.39, 0.29) is 16.6 Å². The van der Waals surface area contributed by atoms with Crippen LogP contribution in [0.3, 0.4) is 0 Å². The van der Waals surface area contributed by atoms with Crippen molar-refractivity contribution in [2.45, 2.75) is 50.1 Å². The van der Waals surface area contributed by atoms with Gasteiger partial charge in [0.25, 0.3) is 5.56 Å². The Bertz CT molecular complexity index is 1080. The summed E-state index contributed by atoms with van der Waals surface area (Å²) in [7, 11) is 0. The van der Waals surface area contributed by atoms with Crippen molar-refractivity contribution in [3.63, 3.8) is 0 Å². The molecule has 1 aliphatic carbocycles. The minimum absolute atomic E-state index is 0.0331. The number of thioether (sulfide) groups is 1. The van der Waals surface area contributed by atoms with Crippen LogP contribution in [0.2, 0.25) is 0 Å². The molecule has 2 heterocycles. The zero-order valence-electron chi connectivity index (χ0n) is 16.1. The molecule has 6 heteroatoms. The lowest BCUT2D eigenvalue weighted by Gasteiger charge is -2.18. The van der Waals surface area contributed by atoms with Crippen LogP contribution < -0.4 is 5.56 Å². The smallest absolute Gasteiger partial charge is 0.263 e. The second-order valence-electron chi connectivity index (χ2n) is 7.44. The molecule has 0 bridgehead atoms. The maximum atomic E-state index is 13.3. The average Bonchev–Trinajstić information content (AvgIpc) is 3.02. The lowest BCUT2D eigenvalue weighted by molar-refractivity contribution is 0.509. The largest absolute Gasteiger partial charge is 0.283 e. The first kappa shape index (κ1) is 19.4. The highest BCUT2D eigenvalue weighted by Gasteiger charge is 2.25. The van der Waals surface area contributed by atoms with E-state index in [0.717, 1.165) is 35.0 Å². The van der Waals surface area contributed by atoms with E-state index in [4.69, 9.17) is 4.98 Å². The van der Waals surface area contributed by atoms with E-state index < -0.39 is 0 Å². The van der Waals surface area contributed by atoms with Gasteiger partial charge in [-0.15, -0.1) is 17.9 Å². The van der Waals surface area contributed by atoms with Gasteiger partial charge in [-0.05, 0) is 55.4 Å². The molecule has 0 fully saturated rings. The van der Waals surface area contributed by atoms with Crippen molar-refractivity contribution < 1.29 is 4.39 Å². The number of hydrogen-bond donors (Lipinski definition) is 0. The van der Waals surface area contributed by atoms with Crippen molar-refractivity contribution in [2.24, 2.45) is 5.92 Å². The molecule has 3 nitrogen and oxygen atoms in total. The Labute approximate surface area is 172 Å². The Morgan fingerprint density at radius 3 is 2.89 bits per heavy atom. The molecule has 3 aromatic rings. The van der Waals surface area contributed by atoms with Crippen molar-refractivity contribution in [1.29, 1.82) is 0 Å². The molecule has 0 radical (unpaired) electrons. The van der Waals surface area contributed by atoms with E-state index in [1.54, 1.807) is 34.1 Å². The average molecular weight is 415 g/mol. The van der Waals surface area contributed by atoms with Gasteiger partial charge in [0.05, 0.1) is 5.39 Å². The number of aryl methyl sites for hydroxylation is 1. The molecular weight excluding hydrogens is 391 g/mol. The van der Waals surface area contributed by atoms with Gasteiger partial charge in [0.1, 0.15) is 10.6 Å². The highest BCUT2D eigenvalue weighted by Crippen LogP contribution is 2.38. The summed E-state index contributed by atoms with van der Waals surface area (Å²) in [5.74, 6) is 0.408. The van der Waals surface area contributed by atoms with Crippen LogP contribution in [0.25, 0.3) is 10.2 Å². The van der Waals surface area contributed by atoms with Gasteiger partial charge in [-0.25, -0.2) is 9.37 Å². The normalized spacial score (nSPS) is 17.5. The predicted molar refractivity (Wildman–Crippen MR) is 116 cm³/mol. The Morgan fingerprint density at radius 2 is 2.18 bits per heavy atom. The van der Waals surface area contributed by atoms with Gasteiger partial charge in [-0.2, -0.15) is 0 Å². The third kappa shape index (κ3) is 3.55. The van der Waals surface area contributed by atoms with Crippen molar-refractivity contribution in [2.75, 3.05) is 0 Å². The van der Waals surface area contributed by atoms with Crippen LogP contribution in [0.4, 0.5) is 4.39 Å². The first-order valence-corrected chi connectivity index (χ1v) is 11.3. The summed E-state index contributed by atoms with van der Waals surface area (Å²) in [6, 6.07) is 6.50. The summed E-state index contributed by atoms with van der Waals surface area (Å²) in [5.41, 5.74) is 2.24. The van der Waals surface area contributed by atoms with Gasteiger partial charge >= 0.3 is 0 Å². The van der Waals surface area contributed by atoms with E-state index in [0.29, 0.717) is 17.6 Å². The molecule has 146 valence electrons. The van der Waals surface area contributed by atoms with Crippen LogP contribution >= 0.6 is 23.1 Å². The lowest BCUT2D eigenvalue weighted by Crippen LogP contribution is -2.23. The van der Waals surface area contributed by atoms with Gasteiger partial charge in [-0.1, -0.05) is 36.9 Å². The molecule has 28 heavy (non-hydrogen) atoms. The molecule has 0 saturated carbocycles. The molecule has 2 aromatic heterocycles. The number of fused-ring (bicyclic) bond motifs is 3. The number of hydrogen-bond acceptors (Lipinski definition) is 4. The van der Waals surface area contributed by atoms with E-state index >= 15 is 0 Å². The fourth-order valence-corrected chi connectivity index (χ4v) is 6.21. The highest BCUT2D eigenvalue weighted by atomic mass is 32.2. The summed E-state index contributed by atoms with van der Waals surface area (Å²) >= 11 is 3.20. The Balaban J connectivity index is 1.79. The topological polar surface area (TPSA) is 34.9 Å². The second kappa shape index (κ2) is 7.84. The zero-order valence-corrected chi connectivity index (χ0v) is 17.7. The van der Waals surface area contributed by atoms with Gasteiger partial charge in [0.2, 0.25) is 0 Å². The minimum Gasteiger partial charge on any atom is -0.283 e. The summed E-state index contributed by atoms with van der Waals surface area (Å²) < 4.78 is 15.0. The minimum atomic E-state index is -0.248. The fraction of sp³-hybridized carbons (Fsp3) is 0.364. The lowest BCUT2D eigenvalue weighted by atomic mass is 9.89. The Hall–Kier alpha value is -1.92. The molecule has 0 N–H and O–H groups in total. The third-order valence-electron chi connectivity index (χ3n) is 5.31. The van der Waals surface area contributed by atoms with Crippen LogP contribution in [0.1, 0.15) is 41.5 Å². The van der Waals surface area contributed by atoms with Crippen LogP contribution in [0.15, 0.2) is 46.9 Å². The van der Waals surface area contributed by atoms with Crippen LogP contribution in [0, 0.1) is 11.7 Å². The first-order chi connectivity index (χ1) is 13.5. The maximum absolute atomic E-state index is 13.3. The van der Waals surface area contributed by atoms with Gasteiger partial charge in [-0.3, -0.25) is 9.36 Å². The SMILES string of the molecule is C=CCn1c(S[C@H](C)c2ccc(F)cc2)nc2sc3c(c2c1=O)CC[C@H](C)C3. The molecule has 1 aliphatic rings. The van der Waals surface area contributed by atoms with Crippen LogP contribution in [-0.4, -0.2) is 9.55 Å². The third-order valence-corrected chi connectivity index (χ3v) is 7.61. The Morgan fingerprint density at radius 1 is 1.43 bits per heavy atom. The van der Waals surface area contributed by atoms with E-state index in [1.165, 1.54) is 34.3 Å². The van der Waals surface area contributed by atoms with E-state index in [9.17, 15) is 9.18 Å². The van der Waals surface area contributed by atoms with E-state index in [1.807, 2.05) is 6.92 Å². The molecule has 0 amide bonds. The number of rotatable bonds is 5. The maximum Gasteiger partial charge on any atom is 0.263 e. The number of allylic oxidation sites excluding steroid dienone is 1. The second-order valence-corrected chi connectivity index (χ2v) is 9.83. The Kier molecular flexibility index (Phi) is 5.43. The predicted octanol–water partition coefficient (Wildman–Crippen LogP) is 5.76. The monoisotopic (exact) mass is 414 g/mol. The quantitative estimate of drug-likeness (QED) is 0.302. The highest BCUT2D eigenvalue weighted by molar-refractivity contribution is 7.99. The number of aromatic nitrogens is 2. The molecule has 1 aromatic carbocycles. The number of halogens is 1. The summed E-state index contributed by atoms with van der Waals surface area (Å²) in [6.07, 6.45) is 4.85. The van der Waals surface area contributed by atoms with Crippen LogP contribution in [0.5, 0.6) is 0 Å². The van der Waals surface area contributed by atoms with E-state index in [2.05, 4.69) is 13.5 Å². The summed E-state index contributed by atoms with van der Waals surface area (Å²) in [4.78, 5) is 20.4. The zero-order chi connectivity index (χ0) is 19.8. The fourth-order valence-electron chi connectivity index (χ4n) is 3.74. The molecule has 0 aliphatic heterocycles.